The molecule has 1 N–H and O–H groups in total. The van der Waals surface area contributed by atoms with Crippen molar-refractivity contribution in [2.75, 3.05) is 18.4 Å². The van der Waals surface area contributed by atoms with Crippen LogP contribution in [0.25, 0.3) is 0 Å². The highest BCUT2D eigenvalue weighted by Crippen LogP contribution is 2.23. The van der Waals surface area contributed by atoms with E-state index in [4.69, 9.17) is 4.42 Å². The second kappa shape index (κ2) is 5.82. The largest absolute Gasteiger partial charge is 0.438 e. The Balaban J connectivity index is 1.77. The molecule has 0 bridgehead atoms. The number of nitrogens with zero attached hydrogens (tertiary/aromatic N) is 2. The molecule has 0 atom stereocenters. The summed E-state index contributed by atoms with van der Waals surface area (Å²) in [6, 6.07) is 2.68. The lowest BCUT2D eigenvalue weighted by atomic mass is 10.4. The molecule has 0 spiro atoms. The molecular formula is C13H15N3O4S2. The fraction of sp³-hybridized carbons (Fsp3) is 0.385. The monoisotopic (exact) mass is 341 g/mol. The van der Waals surface area contributed by atoms with Gasteiger partial charge in [0.05, 0.1) is 0 Å². The summed E-state index contributed by atoms with van der Waals surface area (Å²) in [5, 5.41) is 2.83. The first-order chi connectivity index (χ1) is 10.5. The first-order valence-electron chi connectivity index (χ1n) is 6.80. The quantitative estimate of drug-likeness (QED) is 0.919. The normalized spacial score (nSPS) is 16.0. The van der Waals surface area contributed by atoms with Crippen LogP contribution in [0, 0.1) is 6.92 Å². The molecule has 0 aliphatic carbocycles. The van der Waals surface area contributed by atoms with Gasteiger partial charge < -0.3 is 4.42 Å². The lowest BCUT2D eigenvalue weighted by molar-refractivity contribution is 0.0991. The lowest BCUT2D eigenvalue weighted by Crippen LogP contribution is -2.27. The maximum absolute atomic E-state index is 12.3. The summed E-state index contributed by atoms with van der Waals surface area (Å²) < 4.78 is 31.3. The number of furan rings is 1. The lowest BCUT2D eigenvalue weighted by Gasteiger charge is -2.12. The molecule has 0 saturated carbocycles. The third kappa shape index (κ3) is 2.92. The number of rotatable bonds is 4. The van der Waals surface area contributed by atoms with E-state index in [0.717, 1.165) is 17.7 Å². The van der Waals surface area contributed by atoms with Crippen LogP contribution in [0.1, 0.15) is 28.3 Å². The van der Waals surface area contributed by atoms with E-state index >= 15 is 0 Å². The number of aryl methyl sites for hydroxylation is 1. The van der Waals surface area contributed by atoms with Gasteiger partial charge in [0.15, 0.2) is 10.9 Å². The Hall–Kier alpha value is -1.71. The summed E-state index contributed by atoms with van der Waals surface area (Å²) >= 11 is 1.33. The minimum atomic E-state index is -3.65. The van der Waals surface area contributed by atoms with E-state index in [1.165, 1.54) is 27.8 Å². The van der Waals surface area contributed by atoms with Crippen LogP contribution in [0.3, 0.4) is 0 Å². The van der Waals surface area contributed by atoms with Crippen LogP contribution in [0.2, 0.25) is 0 Å². The molecule has 1 fully saturated rings. The van der Waals surface area contributed by atoms with Crippen molar-refractivity contribution in [2.45, 2.75) is 24.9 Å². The van der Waals surface area contributed by atoms with E-state index in [9.17, 15) is 13.2 Å². The van der Waals surface area contributed by atoms with E-state index in [0.29, 0.717) is 18.2 Å². The fourth-order valence-corrected chi connectivity index (χ4v) is 4.30. The second-order valence-corrected chi connectivity index (χ2v) is 8.06. The maximum atomic E-state index is 12.3. The number of carbonyl (C=O) groups is 1. The standard InChI is InChI=1S/C13H15N3O4S2/c1-9-8-14-13(21-9)15-12(17)10-4-5-11(20-10)22(18,19)16-6-2-3-7-16/h4-5,8H,2-3,6-7H2,1H3,(H,14,15,17). The van der Waals surface area contributed by atoms with Gasteiger partial charge in [-0.25, -0.2) is 13.4 Å². The van der Waals surface area contributed by atoms with Crippen molar-refractivity contribution < 1.29 is 17.6 Å². The van der Waals surface area contributed by atoms with Crippen LogP contribution in [0.4, 0.5) is 5.13 Å². The van der Waals surface area contributed by atoms with Crippen LogP contribution in [-0.4, -0.2) is 36.7 Å². The molecule has 7 nitrogen and oxygen atoms in total. The van der Waals surface area contributed by atoms with Gasteiger partial charge in [0, 0.05) is 24.2 Å². The highest BCUT2D eigenvalue weighted by molar-refractivity contribution is 7.89. The molecule has 2 aromatic rings. The molecule has 0 unspecified atom stereocenters. The number of hydrogen-bond donors (Lipinski definition) is 1. The predicted octanol–water partition coefficient (Wildman–Crippen LogP) is 2.08. The summed E-state index contributed by atoms with van der Waals surface area (Å²) in [7, 11) is -3.65. The third-order valence-electron chi connectivity index (χ3n) is 3.31. The van der Waals surface area contributed by atoms with Crippen molar-refractivity contribution in [1.82, 2.24) is 9.29 Å². The topological polar surface area (TPSA) is 92.5 Å². The molecule has 1 aliphatic heterocycles. The average molecular weight is 341 g/mol. The van der Waals surface area contributed by atoms with Gasteiger partial charge in [0.1, 0.15) is 0 Å². The Labute approximate surface area is 132 Å². The van der Waals surface area contributed by atoms with Crippen molar-refractivity contribution in [2.24, 2.45) is 0 Å². The first kappa shape index (κ1) is 15.2. The molecule has 1 amide bonds. The van der Waals surface area contributed by atoms with Crippen molar-refractivity contribution >= 4 is 32.4 Å². The van der Waals surface area contributed by atoms with Gasteiger partial charge in [0.2, 0.25) is 5.09 Å². The zero-order valence-corrected chi connectivity index (χ0v) is 13.5. The van der Waals surface area contributed by atoms with Gasteiger partial charge in [-0.05, 0) is 31.9 Å². The van der Waals surface area contributed by atoms with Gasteiger partial charge in [-0.15, -0.1) is 11.3 Å². The van der Waals surface area contributed by atoms with E-state index in [1.54, 1.807) is 6.20 Å². The average Bonchev–Trinajstić information content (AvgIpc) is 3.20. The van der Waals surface area contributed by atoms with Crippen molar-refractivity contribution in [3.05, 3.63) is 29.0 Å². The minimum Gasteiger partial charge on any atom is -0.438 e. The second-order valence-electron chi connectivity index (χ2n) is 4.96. The molecular weight excluding hydrogens is 326 g/mol. The van der Waals surface area contributed by atoms with Crippen molar-refractivity contribution in [3.63, 3.8) is 0 Å². The van der Waals surface area contributed by atoms with Crippen LogP contribution < -0.4 is 5.32 Å². The Morgan fingerprint density at radius 2 is 2.09 bits per heavy atom. The third-order valence-corrected chi connectivity index (χ3v) is 5.91. The van der Waals surface area contributed by atoms with E-state index in [2.05, 4.69) is 10.3 Å². The Morgan fingerprint density at radius 1 is 1.36 bits per heavy atom. The summed E-state index contributed by atoms with van der Waals surface area (Å²) in [5.74, 6) is -0.567. The molecule has 1 aliphatic rings. The molecule has 22 heavy (non-hydrogen) atoms. The number of anilines is 1. The van der Waals surface area contributed by atoms with Gasteiger partial charge >= 0.3 is 0 Å². The van der Waals surface area contributed by atoms with Crippen LogP contribution >= 0.6 is 11.3 Å². The highest BCUT2D eigenvalue weighted by Gasteiger charge is 2.30. The zero-order valence-electron chi connectivity index (χ0n) is 11.9. The van der Waals surface area contributed by atoms with Crippen LogP contribution in [-0.2, 0) is 10.0 Å². The molecule has 3 rings (SSSR count). The number of amides is 1. The van der Waals surface area contributed by atoms with Crippen molar-refractivity contribution in [3.8, 4) is 0 Å². The Bertz CT molecular complexity index is 788. The number of nitrogens with one attached hydrogen (secondary N) is 1. The van der Waals surface area contributed by atoms with Gasteiger partial charge in [-0.2, -0.15) is 4.31 Å². The molecule has 9 heteroatoms. The van der Waals surface area contributed by atoms with Gasteiger partial charge in [-0.1, -0.05) is 0 Å². The summed E-state index contributed by atoms with van der Waals surface area (Å²) in [5.41, 5.74) is 0. The number of thiazole rings is 1. The van der Waals surface area contributed by atoms with E-state index in [1.807, 2.05) is 6.92 Å². The highest BCUT2D eigenvalue weighted by atomic mass is 32.2. The Morgan fingerprint density at radius 3 is 2.73 bits per heavy atom. The molecule has 118 valence electrons. The predicted molar refractivity (Wildman–Crippen MR) is 81.5 cm³/mol. The first-order valence-corrected chi connectivity index (χ1v) is 9.06. The number of aromatic nitrogens is 1. The SMILES string of the molecule is Cc1cnc(NC(=O)c2ccc(S(=O)(=O)N3CCCC3)o2)s1. The van der Waals surface area contributed by atoms with Gasteiger partial charge in [-0.3, -0.25) is 10.1 Å². The summed E-state index contributed by atoms with van der Waals surface area (Å²) in [6.07, 6.45) is 3.33. The molecule has 1 saturated heterocycles. The smallest absolute Gasteiger partial charge is 0.293 e. The molecule has 0 aromatic carbocycles. The number of hydrogen-bond acceptors (Lipinski definition) is 6. The number of carbonyl (C=O) groups excluding carboxylic acids is 1. The van der Waals surface area contributed by atoms with Crippen LogP contribution in [0.5, 0.6) is 0 Å². The molecule has 3 heterocycles. The molecule has 0 radical (unpaired) electrons. The molecule has 2 aromatic heterocycles. The van der Waals surface area contributed by atoms with Crippen LogP contribution in [0.15, 0.2) is 27.8 Å². The van der Waals surface area contributed by atoms with Gasteiger partial charge in [0.25, 0.3) is 15.9 Å². The maximum Gasteiger partial charge on any atom is 0.293 e. The van der Waals surface area contributed by atoms with E-state index in [-0.39, 0.29) is 10.9 Å². The Kier molecular flexibility index (Phi) is 4.02. The van der Waals surface area contributed by atoms with E-state index < -0.39 is 15.9 Å². The minimum absolute atomic E-state index is 0.0503. The zero-order chi connectivity index (χ0) is 15.7. The fourth-order valence-electron chi connectivity index (χ4n) is 2.21. The van der Waals surface area contributed by atoms with Crippen molar-refractivity contribution in [1.29, 1.82) is 0 Å². The summed E-state index contributed by atoms with van der Waals surface area (Å²) in [4.78, 5) is 17.0. The summed E-state index contributed by atoms with van der Waals surface area (Å²) in [6.45, 7) is 2.85. The number of sulfonamides is 1.